The number of hydrogen-bond acceptors (Lipinski definition) is 5. The highest BCUT2D eigenvalue weighted by Crippen LogP contribution is 2.34. The first-order valence-corrected chi connectivity index (χ1v) is 9.35. The molecule has 0 bridgehead atoms. The van der Waals surface area contributed by atoms with E-state index in [0.717, 1.165) is 12.3 Å². The zero-order valence-electron chi connectivity index (χ0n) is 15.2. The topological polar surface area (TPSA) is 54.9 Å². The fourth-order valence-corrected chi connectivity index (χ4v) is 3.59. The van der Waals surface area contributed by atoms with E-state index >= 15 is 0 Å². The van der Waals surface area contributed by atoms with Gasteiger partial charge in [-0.3, -0.25) is 4.79 Å². The van der Waals surface area contributed by atoms with E-state index in [0.29, 0.717) is 37.7 Å². The van der Waals surface area contributed by atoms with Crippen LogP contribution in [0.5, 0.6) is 11.5 Å². The zero-order valence-corrected chi connectivity index (χ0v) is 15.9. The van der Waals surface area contributed by atoms with Crippen molar-refractivity contribution < 1.29 is 27.4 Å². The number of benzene rings is 1. The van der Waals surface area contributed by atoms with E-state index in [1.165, 1.54) is 0 Å². The van der Waals surface area contributed by atoms with Crippen LogP contribution in [0.2, 0.25) is 5.02 Å². The van der Waals surface area contributed by atoms with Crippen molar-refractivity contribution in [2.45, 2.75) is 12.3 Å². The summed E-state index contributed by atoms with van der Waals surface area (Å²) in [6, 6.07) is 8.01. The minimum atomic E-state index is -4.50. The molecule has 2 aliphatic rings. The van der Waals surface area contributed by atoms with Gasteiger partial charge in [0.25, 0.3) is 5.91 Å². The van der Waals surface area contributed by atoms with Crippen molar-refractivity contribution >= 4 is 23.3 Å². The Morgan fingerprint density at radius 2 is 1.83 bits per heavy atom. The van der Waals surface area contributed by atoms with E-state index in [1.807, 2.05) is 6.07 Å². The van der Waals surface area contributed by atoms with Crippen LogP contribution in [-0.2, 0) is 11.0 Å². The van der Waals surface area contributed by atoms with E-state index in [2.05, 4.69) is 4.98 Å². The summed E-state index contributed by atoms with van der Waals surface area (Å²) >= 11 is 6.02. The number of para-hydroxylation sites is 2. The van der Waals surface area contributed by atoms with E-state index in [1.54, 1.807) is 28.0 Å². The number of fused-ring (bicyclic) bond motifs is 1. The summed E-state index contributed by atoms with van der Waals surface area (Å²) in [5, 5.41) is -0.0692. The van der Waals surface area contributed by atoms with Crippen LogP contribution < -0.4 is 14.4 Å². The van der Waals surface area contributed by atoms with Crippen LogP contribution in [-0.4, -0.2) is 54.7 Å². The second-order valence-electron chi connectivity index (χ2n) is 6.70. The first-order chi connectivity index (χ1) is 13.8. The van der Waals surface area contributed by atoms with Crippen molar-refractivity contribution in [1.29, 1.82) is 0 Å². The highest BCUT2D eigenvalue weighted by Gasteiger charge is 2.34. The molecule has 1 fully saturated rings. The molecule has 0 aliphatic carbocycles. The quantitative estimate of drug-likeness (QED) is 0.736. The summed E-state index contributed by atoms with van der Waals surface area (Å²) in [6.07, 6.45) is -4.46. The Hall–Kier alpha value is -2.68. The van der Waals surface area contributed by atoms with Gasteiger partial charge in [-0.2, -0.15) is 13.2 Å². The molecule has 0 radical (unpaired) electrons. The lowest BCUT2D eigenvalue weighted by molar-refractivity contribution is -0.141. The van der Waals surface area contributed by atoms with Gasteiger partial charge in [-0.15, -0.1) is 0 Å². The van der Waals surface area contributed by atoms with E-state index in [4.69, 9.17) is 21.1 Å². The number of carbonyl (C=O) groups excluding carboxylic acids is 1. The molecule has 0 N–H and O–H groups in total. The molecule has 29 heavy (non-hydrogen) atoms. The fourth-order valence-electron chi connectivity index (χ4n) is 3.30. The minimum Gasteiger partial charge on any atom is -0.485 e. The second kappa shape index (κ2) is 7.62. The summed E-state index contributed by atoms with van der Waals surface area (Å²) in [5.41, 5.74) is -0.894. The van der Waals surface area contributed by atoms with Crippen molar-refractivity contribution in [3.05, 3.63) is 47.1 Å². The highest BCUT2D eigenvalue weighted by molar-refractivity contribution is 6.33. The Labute approximate surface area is 169 Å². The molecular formula is C19H17ClF3N3O3. The predicted molar refractivity (Wildman–Crippen MR) is 99.4 cm³/mol. The zero-order chi connectivity index (χ0) is 20.6. The number of piperazine rings is 1. The first-order valence-electron chi connectivity index (χ1n) is 8.98. The number of amides is 1. The lowest BCUT2D eigenvalue weighted by Crippen LogP contribution is -2.54. The third-order valence-electron chi connectivity index (χ3n) is 4.82. The predicted octanol–water partition coefficient (Wildman–Crippen LogP) is 3.24. The third-order valence-corrected chi connectivity index (χ3v) is 5.10. The maximum absolute atomic E-state index is 12.8. The largest absolute Gasteiger partial charge is 0.485 e. The molecule has 0 spiro atoms. The number of alkyl halides is 3. The Kier molecular flexibility index (Phi) is 5.16. The monoisotopic (exact) mass is 427 g/mol. The van der Waals surface area contributed by atoms with E-state index in [9.17, 15) is 18.0 Å². The van der Waals surface area contributed by atoms with Crippen molar-refractivity contribution in [3.63, 3.8) is 0 Å². The SMILES string of the molecule is O=C([C@H]1COc2ccccc2O1)N1CCN(c2ncc(C(F)(F)F)cc2Cl)CC1. The Bertz CT molecular complexity index is 917. The van der Waals surface area contributed by atoms with Gasteiger partial charge >= 0.3 is 6.18 Å². The molecule has 4 rings (SSSR count). The molecule has 6 nitrogen and oxygen atoms in total. The second-order valence-corrected chi connectivity index (χ2v) is 7.11. The fraction of sp³-hybridized carbons (Fsp3) is 0.368. The normalized spacial score (nSPS) is 19.2. The Morgan fingerprint density at radius 3 is 2.48 bits per heavy atom. The van der Waals surface area contributed by atoms with Gasteiger partial charge in [-0.1, -0.05) is 23.7 Å². The summed E-state index contributed by atoms with van der Waals surface area (Å²) in [4.78, 5) is 20.1. The lowest BCUT2D eigenvalue weighted by Gasteiger charge is -2.37. The smallest absolute Gasteiger partial charge is 0.417 e. The van der Waals surface area contributed by atoms with Gasteiger partial charge in [0.15, 0.2) is 11.5 Å². The third kappa shape index (κ3) is 4.05. The number of hydrogen-bond donors (Lipinski definition) is 0. The number of aromatic nitrogens is 1. The van der Waals surface area contributed by atoms with E-state index < -0.39 is 17.8 Å². The average Bonchev–Trinajstić information content (AvgIpc) is 2.72. The molecule has 3 heterocycles. The Balaban J connectivity index is 1.38. The summed E-state index contributed by atoms with van der Waals surface area (Å²) in [5.74, 6) is 1.21. The van der Waals surface area contributed by atoms with Gasteiger partial charge in [0.05, 0.1) is 10.6 Å². The molecule has 1 aromatic heterocycles. The van der Waals surface area contributed by atoms with Crippen LogP contribution in [0.3, 0.4) is 0 Å². The van der Waals surface area contributed by atoms with Gasteiger partial charge in [-0.05, 0) is 18.2 Å². The molecule has 1 saturated heterocycles. The number of halogens is 4. The lowest BCUT2D eigenvalue weighted by atomic mass is 10.2. The van der Waals surface area contributed by atoms with Gasteiger partial charge in [0.2, 0.25) is 6.10 Å². The standard InChI is InChI=1S/C19H17ClF3N3O3/c20-13-9-12(19(21,22)23)10-24-17(13)25-5-7-26(8-6-25)18(27)16-11-28-14-3-1-2-4-15(14)29-16/h1-4,9-10,16H,5-8,11H2/t16-/m1/s1. The van der Waals surface area contributed by atoms with Crippen molar-refractivity contribution in [2.24, 2.45) is 0 Å². The molecular weight excluding hydrogens is 411 g/mol. The molecule has 0 saturated carbocycles. The molecule has 2 aliphatic heterocycles. The van der Waals surface area contributed by atoms with Crippen LogP contribution in [0.25, 0.3) is 0 Å². The van der Waals surface area contributed by atoms with Crippen LogP contribution in [0.4, 0.5) is 19.0 Å². The van der Waals surface area contributed by atoms with Crippen LogP contribution in [0, 0.1) is 0 Å². The summed E-state index contributed by atoms with van der Waals surface area (Å²) in [6.45, 7) is 1.67. The molecule has 1 atom stereocenters. The number of anilines is 1. The number of rotatable bonds is 2. The first kappa shape index (κ1) is 19.6. The summed E-state index contributed by atoms with van der Waals surface area (Å²) in [7, 11) is 0. The highest BCUT2D eigenvalue weighted by atomic mass is 35.5. The minimum absolute atomic E-state index is 0.0692. The van der Waals surface area contributed by atoms with Crippen LogP contribution >= 0.6 is 11.6 Å². The maximum Gasteiger partial charge on any atom is 0.417 e. The molecule has 154 valence electrons. The number of carbonyl (C=O) groups is 1. The van der Waals surface area contributed by atoms with Gasteiger partial charge in [0.1, 0.15) is 12.4 Å². The number of pyridine rings is 1. The maximum atomic E-state index is 12.8. The van der Waals surface area contributed by atoms with Crippen LogP contribution in [0.1, 0.15) is 5.56 Å². The molecule has 10 heteroatoms. The van der Waals surface area contributed by atoms with Crippen LogP contribution in [0.15, 0.2) is 36.5 Å². The van der Waals surface area contributed by atoms with Crippen molar-refractivity contribution in [1.82, 2.24) is 9.88 Å². The number of ether oxygens (including phenoxy) is 2. The molecule has 2 aromatic rings. The van der Waals surface area contributed by atoms with Crippen molar-refractivity contribution in [3.8, 4) is 11.5 Å². The molecule has 0 unspecified atom stereocenters. The van der Waals surface area contributed by atoms with E-state index in [-0.39, 0.29) is 23.4 Å². The summed E-state index contributed by atoms with van der Waals surface area (Å²) < 4.78 is 49.7. The van der Waals surface area contributed by atoms with Crippen molar-refractivity contribution in [2.75, 3.05) is 37.7 Å². The molecule has 1 aromatic carbocycles. The van der Waals surface area contributed by atoms with Gasteiger partial charge < -0.3 is 19.3 Å². The Morgan fingerprint density at radius 1 is 1.14 bits per heavy atom. The molecule has 1 amide bonds. The number of nitrogens with zero attached hydrogens (tertiary/aromatic N) is 3. The van der Waals surface area contributed by atoms with Gasteiger partial charge in [0, 0.05) is 32.4 Å². The average molecular weight is 428 g/mol. The van der Waals surface area contributed by atoms with Gasteiger partial charge in [-0.25, -0.2) is 4.98 Å².